The zero-order valence-corrected chi connectivity index (χ0v) is 14.9. The summed E-state index contributed by atoms with van der Waals surface area (Å²) >= 11 is 0. The third-order valence-corrected chi connectivity index (χ3v) is 4.16. The van der Waals surface area contributed by atoms with Gasteiger partial charge in [-0.1, -0.05) is 66.7 Å². The maximum atomic E-state index is 13.0. The van der Waals surface area contributed by atoms with E-state index < -0.39 is 0 Å². The van der Waals surface area contributed by atoms with Crippen LogP contribution in [0.4, 0.5) is 5.69 Å². The minimum absolute atomic E-state index is 0.156. The summed E-state index contributed by atoms with van der Waals surface area (Å²) in [6.45, 7) is 1.97. The molecule has 1 amide bonds. The third kappa shape index (κ3) is 4.01. The first kappa shape index (κ1) is 17.5. The molecule has 0 radical (unpaired) electrons. The van der Waals surface area contributed by atoms with Crippen LogP contribution in [0, 0.1) is 6.92 Å². The second-order valence-corrected chi connectivity index (χ2v) is 5.94. The SMILES string of the molecule is COc1ccccc1/C=C(/C(=O)Nc1ccccc1C)c1ccccc1. The highest BCUT2D eigenvalue weighted by Crippen LogP contribution is 2.26. The summed E-state index contributed by atoms with van der Waals surface area (Å²) in [4.78, 5) is 13.0. The van der Waals surface area contributed by atoms with Crippen molar-refractivity contribution in [3.8, 4) is 5.75 Å². The van der Waals surface area contributed by atoms with E-state index >= 15 is 0 Å². The van der Waals surface area contributed by atoms with Gasteiger partial charge in [0.15, 0.2) is 0 Å². The Morgan fingerprint density at radius 3 is 2.27 bits per heavy atom. The number of rotatable bonds is 5. The van der Waals surface area contributed by atoms with Crippen molar-refractivity contribution in [2.24, 2.45) is 0 Å². The highest BCUT2D eigenvalue weighted by molar-refractivity contribution is 6.29. The topological polar surface area (TPSA) is 38.3 Å². The smallest absolute Gasteiger partial charge is 0.256 e. The van der Waals surface area contributed by atoms with Gasteiger partial charge >= 0.3 is 0 Å². The predicted octanol–water partition coefficient (Wildman–Crippen LogP) is 5.18. The van der Waals surface area contributed by atoms with Crippen LogP contribution >= 0.6 is 0 Å². The second-order valence-electron chi connectivity index (χ2n) is 5.94. The number of amides is 1. The summed E-state index contributed by atoms with van der Waals surface area (Å²) in [6, 6.07) is 25.0. The van der Waals surface area contributed by atoms with Crippen molar-refractivity contribution < 1.29 is 9.53 Å². The van der Waals surface area contributed by atoms with Crippen LogP contribution in [0.3, 0.4) is 0 Å². The van der Waals surface area contributed by atoms with E-state index in [0.29, 0.717) is 5.57 Å². The van der Waals surface area contributed by atoms with Gasteiger partial charge in [-0.3, -0.25) is 4.79 Å². The van der Waals surface area contributed by atoms with Crippen molar-refractivity contribution >= 4 is 23.2 Å². The van der Waals surface area contributed by atoms with Gasteiger partial charge in [0.25, 0.3) is 5.91 Å². The maximum Gasteiger partial charge on any atom is 0.256 e. The van der Waals surface area contributed by atoms with E-state index in [-0.39, 0.29) is 5.91 Å². The van der Waals surface area contributed by atoms with Gasteiger partial charge in [-0.25, -0.2) is 0 Å². The van der Waals surface area contributed by atoms with Gasteiger partial charge in [-0.2, -0.15) is 0 Å². The molecule has 0 heterocycles. The quantitative estimate of drug-likeness (QED) is 0.512. The number of methoxy groups -OCH3 is 1. The minimum Gasteiger partial charge on any atom is -0.496 e. The average Bonchev–Trinajstić information content (AvgIpc) is 2.68. The molecular weight excluding hydrogens is 322 g/mol. The Morgan fingerprint density at radius 2 is 1.54 bits per heavy atom. The Hall–Kier alpha value is -3.33. The van der Waals surface area contributed by atoms with Crippen molar-refractivity contribution in [2.45, 2.75) is 6.92 Å². The zero-order valence-electron chi connectivity index (χ0n) is 14.9. The van der Waals surface area contributed by atoms with E-state index in [1.54, 1.807) is 7.11 Å². The molecule has 3 aromatic carbocycles. The van der Waals surface area contributed by atoms with Crippen molar-refractivity contribution in [1.82, 2.24) is 0 Å². The molecule has 3 heteroatoms. The van der Waals surface area contributed by atoms with Crippen molar-refractivity contribution in [2.75, 3.05) is 12.4 Å². The lowest BCUT2D eigenvalue weighted by Gasteiger charge is -2.12. The monoisotopic (exact) mass is 343 g/mol. The molecule has 0 unspecified atom stereocenters. The van der Waals surface area contributed by atoms with E-state index in [4.69, 9.17) is 4.74 Å². The Labute approximate surface area is 154 Å². The number of hydrogen-bond acceptors (Lipinski definition) is 2. The Morgan fingerprint density at radius 1 is 0.885 bits per heavy atom. The Bertz CT molecular complexity index is 930. The molecule has 0 bridgehead atoms. The van der Waals surface area contributed by atoms with Gasteiger partial charge in [0, 0.05) is 16.8 Å². The van der Waals surface area contributed by atoms with Crippen LogP contribution in [-0.4, -0.2) is 13.0 Å². The predicted molar refractivity (Wildman–Crippen MR) is 107 cm³/mol. The van der Waals surface area contributed by atoms with Crippen LogP contribution in [0.5, 0.6) is 5.75 Å². The van der Waals surface area contributed by atoms with Gasteiger partial charge < -0.3 is 10.1 Å². The summed E-state index contributed by atoms with van der Waals surface area (Å²) in [5, 5.41) is 3.02. The fourth-order valence-corrected chi connectivity index (χ4v) is 2.74. The molecule has 1 N–H and O–H groups in total. The summed E-state index contributed by atoms with van der Waals surface area (Å²) in [6.07, 6.45) is 1.86. The number of para-hydroxylation sites is 2. The number of hydrogen-bond donors (Lipinski definition) is 1. The number of ether oxygens (including phenoxy) is 1. The first-order chi connectivity index (χ1) is 12.7. The zero-order chi connectivity index (χ0) is 18.4. The molecule has 0 aliphatic heterocycles. The molecular formula is C23H21NO2. The minimum atomic E-state index is -0.156. The molecule has 0 aliphatic rings. The largest absolute Gasteiger partial charge is 0.496 e. The number of aryl methyl sites for hydroxylation is 1. The molecule has 0 saturated heterocycles. The van der Waals surface area contributed by atoms with Gasteiger partial charge in [-0.05, 0) is 36.3 Å². The molecule has 3 aromatic rings. The van der Waals surface area contributed by atoms with Crippen LogP contribution in [-0.2, 0) is 4.79 Å². The fraction of sp³-hybridized carbons (Fsp3) is 0.0870. The van der Waals surface area contributed by atoms with Gasteiger partial charge in [-0.15, -0.1) is 0 Å². The van der Waals surface area contributed by atoms with Crippen molar-refractivity contribution in [1.29, 1.82) is 0 Å². The fourth-order valence-electron chi connectivity index (χ4n) is 2.74. The van der Waals surface area contributed by atoms with Crippen LogP contribution in [0.15, 0.2) is 78.9 Å². The molecule has 0 saturated carbocycles. The van der Waals surface area contributed by atoms with E-state index in [1.807, 2.05) is 91.9 Å². The number of benzene rings is 3. The Kier molecular flexibility index (Phi) is 5.49. The normalized spacial score (nSPS) is 11.1. The number of anilines is 1. The lowest BCUT2D eigenvalue weighted by Crippen LogP contribution is -2.14. The van der Waals surface area contributed by atoms with E-state index in [1.165, 1.54) is 0 Å². The summed E-state index contributed by atoms with van der Waals surface area (Å²) in [7, 11) is 1.63. The molecule has 0 spiro atoms. The lowest BCUT2D eigenvalue weighted by atomic mass is 10.0. The lowest BCUT2D eigenvalue weighted by molar-refractivity contribution is -0.111. The average molecular weight is 343 g/mol. The van der Waals surface area contributed by atoms with Crippen molar-refractivity contribution in [3.05, 3.63) is 95.6 Å². The van der Waals surface area contributed by atoms with E-state index in [9.17, 15) is 4.79 Å². The highest BCUT2D eigenvalue weighted by atomic mass is 16.5. The molecule has 0 aromatic heterocycles. The first-order valence-corrected chi connectivity index (χ1v) is 8.46. The highest BCUT2D eigenvalue weighted by Gasteiger charge is 2.14. The molecule has 130 valence electrons. The second kappa shape index (κ2) is 8.17. The van der Waals surface area contributed by atoms with Crippen LogP contribution in [0.1, 0.15) is 16.7 Å². The standard InChI is InChI=1S/C23H21NO2/c1-17-10-6-8-14-21(17)24-23(25)20(18-11-4-3-5-12-18)16-19-13-7-9-15-22(19)26-2/h3-16H,1-2H3,(H,24,25)/b20-16+. The van der Waals surface area contributed by atoms with Crippen LogP contribution < -0.4 is 10.1 Å². The Balaban J connectivity index is 2.03. The van der Waals surface area contributed by atoms with E-state index in [0.717, 1.165) is 28.1 Å². The van der Waals surface area contributed by atoms with Crippen LogP contribution in [0.25, 0.3) is 11.6 Å². The molecule has 3 nitrogen and oxygen atoms in total. The third-order valence-electron chi connectivity index (χ3n) is 4.16. The van der Waals surface area contributed by atoms with E-state index in [2.05, 4.69) is 5.32 Å². The summed E-state index contributed by atoms with van der Waals surface area (Å²) in [5.74, 6) is 0.570. The van der Waals surface area contributed by atoms with Gasteiger partial charge in [0.05, 0.1) is 7.11 Å². The van der Waals surface area contributed by atoms with Gasteiger partial charge in [0.2, 0.25) is 0 Å². The summed E-state index contributed by atoms with van der Waals surface area (Å²) < 4.78 is 5.42. The van der Waals surface area contributed by atoms with Gasteiger partial charge in [0.1, 0.15) is 5.75 Å². The number of carbonyl (C=O) groups is 1. The van der Waals surface area contributed by atoms with Crippen molar-refractivity contribution in [3.63, 3.8) is 0 Å². The molecule has 26 heavy (non-hydrogen) atoms. The number of nitrogens with one attached hydrogen (secondary N) is 1. The molecule has 0 aliphatic carbocycles. The maximum absolute atomic E-state index is 13.0. The first-order valence-electron chi connectivity index (χ1n) is 8.46. The van der Waals surface area contributed by atoms with Crippen LogP contribution in [0.2, 0.25) is 0 Å². The summed E-state index contributed by atoms with van der Waals surface area (Å²) in [5.41, 5.74) is 4.11. The molecule has 0 atom stereocenters. The number of carbonyl (C=O) groups excluding carboxylic acids is 1. The molecule has 3 rings (SSSR count). The molecule has 0 fully saturated rings.